The monoisotopic (exact) mass is 368 g/mol. The number of nitrogens with two attached hydrogens (primary N) is 1. The Hall–Kier alpha value is -1.56. The van der Waals surface area contributed by atoms with Gasteiger partial charge >= 0.3 is 0 Å². The van der Waals surface area contributed by atoms with Crippen LogP contribution in [0.4, 0.5) is 0 Å². The molecule has 1 aromatic carbocycles. The van der Waals surface area contributed by atoms with E-state index >= 15 is 0 Å². The summed E-state index contributed by atoms with van der Waals surface area (Å²) in [7, 11) is 0. The first-order valence-electron chi connectivity index (χ1n) is 6.11. The van der Waals surface area contributed by atoms with Crippen LogP contribution in [0.15, 0.2) is 48.8 Å². The Labute approximate surface area is 138 Å². The van der Waals surface area contributed by atoms with E-state index in [9.17, 15) is 9.59 Å². The Morgan fingerprint density at radius 3 is 2.00 bits per heavy atom. The fourth-order valence-electron chi connectivity index (χ4n) is 1.76. The number of halogens is 2. The number of rotatable bonds is 5. The molecule has 0 bridgehead atoms. The molecule has 1 aromatic heterocycles. The van der Waals surface area contributed by atoms with Crippen LogP contribution in [0, 0.1) is 0 Å². The van der Waals surface area contributed by atoms with Gasteiger partial charge in [-0.3, -0.25) is 9.59 Å². The lowest BCUT2D eigenvalue weighted by molar-refractivity contribution is -0.683. The summed E-state index contributed by atoms with van der Waals surface area (Å²) in [4.78, 5) is 23.4. The lowest BCUT2D eigenvalue weighted by atomic mass is 10.1. The van der Waals surface area contributed by atoms with Crippen molar-refractivity contribution in [2.45, 2.75) is 6.54 Å². The first kappa shape index (κ1) is 17.5. The molecule has 1 heterocycles. The summed E-state index contributed by atoms with van der Waals surface area (Å²) in [5, 5.41) is 0.596. The number of nitrogens with zero attached hydrogens (tertiary/aromatic N) is 1. The second-order valence-corrected chi connectivity index (χ2v) is 4.75. The summed E-state index contributed by atoms with van der Waals surface area (Å²) < 4.78 is 1.71. The largest absolute Gasteiger partial charge is 1.00 e. The van der Waals surface area contributed by atoms with Gasteiger partial charge in [-0.05, 0) is 24.3 Å². The zero-order valence-electron chi connectivity index (χ0n) is 11.1. The topological polar surface area (TPSA) is 64.0 Å². The second kappa shape index (κ2) is 8.02. The number of Topliss-reactive ketones (excluding diaryl/α,β-unsaturated/α-hetero) is 2. The van der Waals surface area contributed by atoms with E-state index in [4.69, 9.17) is 17.3 Å². The van der Waals surface area contributed by atoms with E-state index in [0.29, 0.717) is 16.1 Å². The van der Waals surface area contributed by atoms with Crippen molar-refractivity contribution in [1.82, 2.24) is 0 Å². The highest BCUT2D eigenvalue weighted by atomic mass is 79.9. The molecule has 0 amide bonds. The maximum Gasteiger partial charge on any atom is 0.227 e. The van der Waals surface area contributed by atoms with Crippen molar-refractivity contribution < 1.29 is 31.1 Å². The lowest BCUT2D eigenvalue weighted by Crippen LogP contribution is -3.00. The van der Waals surface area contributed by atoms with E-state index in [-0.39, 0.29) is 41.6 Å². The number of hydrogen-bond donors (Lipinski definition) is 1. The van der Waals surface area contributed by atoms with Gasteiger partial charge < -0.3 is 22.7 Å². The number of pyridine rings is 1. The predicted octanol–water partition coefficient (Wildman–Crippen LogP) is -1.34. The van der Waals surface area contributed by atoms with E-state index < -0.39 is 0 Å². The van der Waals surface area contributed by atoms with Gasteiger partial charge in [0.15, 0.2) is 18.2 Å². The molecule has 0 aliphatic rings. The minimum absolute atomic E-state index is 0. The van der Waals surface area contributed by atoms with Gasteiger partial charge in [0.05, 0.1) is 6.54 Å². The van der Waals surface area contributed by atoms with Gasteiger partial charge in [-0.2, -0.15) is 4.57 Å². The van der Waals surface area contributed by atoms with E-state index in [1.54, 1.807) is 53.4 Å². The van der Waals surface area contributed by atoms with Crippen LogP contribution in [0.3, 0.4) is 0 Å². The van der Waals surface area contributed by atoms with Crippen LogP contribution < -0.4 is 27.3 Å². The summed E-state index contributed by atoms with van der Waals surface area (Å²) in [6, 6.07) is 10.1. The third-order valence-corrected chi connectivity index (χ3v) is 3.14. The van der Waals surface area contributed by atoms with Crippen molar-refractivity contribution in [2.75, 3.05) is 6.54 Å². The molecule has 0 aliphatic carbocycles. The number of ketones is 2. The summed E-state index contributed by atoms with van der Waals surface area (Å²) in [5.41, 5.74) is 6.43. The molecule has 0 saturated carbocycles. The first-order chi connectivity index (χ1) is 9.60. The third kappa shape index (κ3) is 4.74. The Bertz CT molecular complexity index is 627. The molecule has 2 aromatic rings. The summed E-state index contributed by atoms with van der Waals surface area (Å²) >= 11 is 5.78. The second-order valence-electron chi connectivity index (χ2n) is 4.32. The van der Waals surface area contributed by atoms with E-state index in [0.717, 1.165) is 0 Å². The molecule has 2 rings (SSSR count). The van der Waals surface area contributed by atoms with E-state index in [1.165, 1.54) is 0 Å². The SMILES string of the molecule is NCC(=O)c1cc[n+](CC(=O)c2ccc(Cl)cc2)cc1.[Br-]. The van der Waals surface area contributed by atoms with Gasteiger partial charge in [0.2, 0.25) is 12.3 Å². The molecule has 0 saturated heterocycles. The molecule has 21 heavy (non-hydrogen) atoms. The molecule has 0 radical (unpaired) electrons. The maximum absolute atomic E-state index is 12.0. The number of carbonyl (C=O) groups excluding carboxylic acids is 2. The Morgan fingerprint density at radius 2 is 1.48 bits per heavy atom. The van der Waals surface area contributed by atoms with Crippen LogP contribution in [0.2, 0.25) is 5.02 Å². The molecule has 0 spiro atoms. The lowest BCUT2D eigenvalue weighted by Gasteiger charge is -2.00. The van der Waals surface area contributed by atoms with Gasteiger partial charge in [0.25, 0.3) is 0 Å². The third-order valence-electron chi connectivity index (χ3n) is 2.89. The van der Waals surface area contributed by atoms with Crippen LogP contribution in [0.5, 0.6) is 0 Å². The van der Waals surface area contributed by atoms with Gasteiger partial charge in [0, 0.05) is 28.3 Å². The zero-order chi connectivity index (χ0) is 14.5. The fourth-order valence-corrected chi connectivity index (χ4v) is 1.89. The summed E-state index contributed by atoms with van der Waals surface area (Å²) in [5.74, 6) is -0.147. The van der Waals surface area contributed by atoms with Crippen LogP contribution >= 0.6 is 11.6 Å². The molecule has 0 atom stereocenters. The van der Waals surface area contributed by atoms with Crippen molar-refractivity contribution in [3.8, 4) is 0 Å². The number of aromatic nitrogens is 1. The van der Waals surface area contributed by atoms with Crippen molar-refractivity contribution in [3.05, 3.63) is 64.9 Å². The van der Waals surface area contributed by atoms with E-state index in [1.807, 2.05) is 0 Å². The molecule has 0 fully saturated rings. The molecule has 0 unspecified atom stereocenters. The number of hydrogen-bond acceptors (Lipinski definition) is 3. The molecule has 4 nitrogen and oxygen atoms in total. The predicted molar refractivity (Wildman–Crippen MR) is 75.8 cm³/mol. The van der Waals surface area contributed by atoms with Crippen LogP contribution in [0.25, 0.3) is 0 Å². The molecular weight excluding hydrogens is 356 g/mol. The Balaban J connectivity index is 0.00000220. The smallest absolute Gasteiger partial charge is 0.227 e. The first-order valence-corrected chi connectivity index (χ1v) is 6.49. The normalized spacial score (nSPS) is 9.81. The van der Waals surface area contributed by atoms with E-state index in [2.05, 4.69) is 0 Å². The highest BCUT2D eigenvalue weighted by molar-refractivity contribution is 6.30. The highest BCUT2D eigenvalue weighted by Crippen LogP contribution is 2.10. The maximum atomic E-state index is 12.0. The van der Waals surface area contributed by atoms with Crippen LogP contribution in [-0.2, 0) is 6.54 Å². The van der Waals surface area contributed by atoms with Gasteiger partial charge in [-0.15, -0.1) is 0 Å². The number of carbonyl (C=O) groups is 2. The molecule has 110 valence electrons. The summed E-state index contributed by atoms with van der Waals surface area (Å²) in [6.45, 7) is 0.187. The average molecular weight is 370 g/mol. The van der Waals surface area contributed by atoms with Crippen molar-refractivity contribution >= 4 is 23.2 Å². The Kier molecular flexibility index (Phi) is 6.68. The summed E-state index contributed by atoms with van der Waals surface area (Å²) in [6.07, 6.45) is 3.38. The molecule has 6 heteroatoms. The molecule has 0 aliphatic heterocycles. The van der Waals surface area contributed by atoms with Crippen LogP contribution in [0.1, 0.15) is 20.7 Å². The van der Waals surface area contributed by atoms with Crippen molar-refractivity contribution in [1.29, 1.82) is 0 Å². The quantitative estimate of drug-likeness (QED) is 0.524. The van der Waals surface area contributed by atoms with Crippen molar-refractivity contribution in [2.24, 2.45) is 5.73 Å². The average Bonchev–Trinajstić information content (AvgIpc) is 2.48. The van der Waals surface area contributed by atoms with Gasteiger partial charge in [0.1, 0.15) is 0 Å². The highest BCUT2D eigenvalue weighted by Gasteiger charge is 2.13. The number of benzene rings is 1. The van der Waals surface area contributed by atoms with Crippen molar-refractivity contribution in [3.63, 3.8) is 0 Å². The Morgan fingerprint density at radius 1 is 0.952 bits per heavy atom. The van der Waals surface area contributed by atoms with Crippen LogP contribution in [-0.4, -0.2) is 18.1 Å². The molecular formula is C15H14BrClN2O2. The molecule has 2 N–H and O–H groups in total. The van der Waals surface area contributed by atoms with Gasteiger partial charge in [-0.25, -0.2) is 0 Å². The standard InChI is InChI=1S/C15H14ClN2O2.BrH/c16-13-3-1-11(2-4-13)15(20)10-18-7-5-12(6-8-18)14(19)9-17;/h1-8H,9-10,17H2;1H/q+1;/p-1. The fraction of sp³-hybridized carbons (Fsp3) is 0.133. The zero-order valence-corrected chi connectivity index (χ0v) is 13.5. The van der Waals surface area contributed by atoms with Gasteiger partial charge in [-0.1, -0.05) is 11.6 Å². The minimum Gasteiger partial charge on any atom is -1.00 e. The minimum atomic E-state index is -0.124.